The fourth-order valence-electron chi connectivity index (χ4n) is 4.40. The van der Waals surface area contributed by atoms with Crippen LogP contribution in [0.2, 0.25) is 0 Å². The Morgan fingerprint density at radius 3 is 2.36 bits per heavy atom. The molecule has 1 saturated carbocycles. The van der Waals surface area contributed by atoms with E-state index in [9.17, 15) is 17.6 Å². The van der Waals surface area contributed by atoms with Crippen molar-refractivity contribution in [1.82, 2.24) is 29.5 Å². The summed E-state index contributed by atoms with van der Waals surface area (Å²) in [6.07, 6.45) is 2.10. The first-order chi connectivity index (χ1) is 17.3. The number of piperazine rings is 1. The fraction of sp³-hybridized carbons (Fsp3) is 0.360. The third-order valence-corrected chi connectivity index (χ3v) is 7.81. The first kappa shape index (κ1) is 24.4. The summed E-state index contributed by atoms with van der Waals surface area (Å²) >= 11 is 0. The maximum Gasteiger partial charge on any atom is 0.291 e. The van der Waals surface area contributed by atoms with E-state index < -0.39 is 10.0 Å². The van der Waals surface area contributed by atoms with Crippen LogP contribution in [0.5, 0.6) is 0 Å². The number of rotatable bonds is 7. The van der Waals surface area contributed by atoms with Gasteiger partial charge in [0, 0.05) is 43.7 Å². The fourth-order valence-corrected chi connectivity index (χ4v) is 5.22. The van der Waals surface area contributed by atoms with E-state index >= 15 is 0 Å². The molecule has 2 aliphatic rings. The van der Waals surface area contributed by atoms with E-state index in [1.54, 1.807) is 17.0 Å². The van der Waals surface area contributed by atoms with Crippen molar-refractivity contribution in [2.24, 2.45) is 0 Å². The zero-order valence-electron chi connectivity index (χ0n) is 19.8. The SMILES string of the molecule is CS(=O)(=O)N1CCN(C(=O)c2nc(CN[C@@H]3C[C@H]3c3ccc(F)cc3)nc(-c3ccccc3)n2)CC1. The highest BCUT2D eigenvalue weighted by molar-refractivity contribution is 7.88. The van der Waals surface area contributed by atoms with Gasteiger partial charge in [-0.3, -0.25) is 4.79 Å². The quantitative estimate of drug-likeness (QED) is 0.518. The summed E-state index contributed by atoms with van der Waals surface area (Å²) < 4.78 is 38.2. The number of halogens is 1. The molecular formula is C25H27FN6O3S. The van der Waals surface area contributed by atoms with E-state index in [1.807, 2.05) is 30.3 Å². The van der Waals surface area contributed by atoms with Crippen LogP contribution in [0.4, 0.5) is 4.39 Å². The molecule has 2 atom stereocenters. The van der Waals surface area contributed by atoms with Gasteiger partial charge in [-0.1, -0.05) is 42.5 Å². The van der Waals surface area contributed by atoms with Crippen molar-refractivity contribution >= 4 is 15.9 Å². The van der Waals surface area contributed by atoms with Crippen LogP contribution in [0.25, 0.3) is 11.4 Å². The van der Waals surface area contributed by atoms with Gasteiger partial charge in [0.15, 0.2) is 5.82 Å². The molecule has 3 aromatic rings. The van der Waals surface area contributed by atoms with Crippen LogP contribution in [0.3, 0.4) is 0 Å². The second kappa shape index (κ2) is 10.00. The first-order valence-corrected chi connectivity index (χ1v) is 13.7. The monoisotopic (exact) mass is 510 g/mol. The van der Waals surface area contributed by atoms with Gasteiger partial charge in [-0.15, -0.1) is 0 Å². The number of aromatic nitrogens is 3. The predicted molar refractivity (Wildman–Crippen MR) is 132 cm³/mol. The van der Waals surface area contributed by atoms with Crippen molar-refractivity contribution in [3.8, 4) is 11.4 Å². The zero-order valence-corrected chi connectivity index (χ0v) is 20.7. The number of nitrogens with one attached hydrogen (secondary N) is 1. The number of nitrogens with zero attached hydrogens (tertiary/aromatic N) is 5. The second-order valence-electron chi connectivity index (χ2n) is 9.10. The molecule has 2 aromatic carbocycles. The summed E-state index contributed by atoms with van der Waals surface area (Å²) in [6, 6.07) is 16.2. The zero-order chi connectivity index (χ0) is 25.3. The predicted octanol–water partition coefficient (Wildman–Crippen LogP) is 2.04. The molecule has 188 valence electrons. The molecule has 36 heavy (non-hydrogen) atoms. The molecule has 1 saturated heterocycles. The highest BCUT2D eigenvalue weighted by Gasteiger charge is 2.38. The minimum Gasteiger partial charge on any atom is -0.333 e. The Bertz CT molecular complexity index is 1350. The smallest absolute Gasteiger partial charge is 0.291 e. The third-order valence-electron chi connectivity index (χ3n) is 6.51. The van der Waals surface area contributed by atoms with Crippen LogP contribution in [0.15, 0.2) is 54.6 Å². The number of carbonyl (C=O) groups is 1. The summed E-state index contributed by atoms with van der Waals surface area (Å²) in [5, 5.41) is 3.44. The molecular weight excluding hydrogens is 483 g/mol. The van der Waals surface area contributed by atoms with Gasteiger partial charge in [0.2, 0.25) is 15.8 Å². The van der Waals surface area contributed by atoms with Crippen LogP contribution < -0.4 is 5.32 Å². The molecule has 2 fully saturated rings. The van der Waals surface area contributed by atoms with Gasteiger partial charge in [-0.05, 0) is 24.1 Å². The molecule has 9 nitrogen and oxygen atoms in total. The van der Waals surface area contributed by atoms with Gasteiger partial charge >= 0.3 is 0 Å². The summed E-state index contributed by atoms with van der Waals surface area (Å²) in [5.41, 5.74) is 1.85. The maximum atomic E-state index is 13.3. The van der Waals surface area contributed by atoms with Crippen LogP contribution in [0.1, 0.15) is 34.3 Å². The average molecular weight is 511 g/mol. The van der Waals surface area contributed by atoms with Crippen molar-refractivity contribution in [1.29, 1.82) is 0 Å². The Hall–Kier alpha value is -3.28. The van der Waals surface area contributed by atoms with Gasteiger partial charge in [0.05, 0.1) is 12.8 Å². The highest BCUT2D eigenvalue weighted by atomic mass is 32.2. The van der Waals surface area contributed by atoms with Crippen LogP contribution in [-0.4, -0.2) is 77.0 Å². The standard InChI is InChI=1S/C25H27FN6O3S/c1-36(34,35)32-13-11-31(12-14-32)25(33)24-29-22(28-23(30-24)18-5-3-2-4-6-18)16-27-21-15-20(21)17-7-9-19(26)10-8-17/h2-10,20-21,27H,11-16H2,1H3/t20-,21+/m0/s1. The summed E-state index contributed by atoms with van der Waals surface area (Å²) in [7, 11) is -3.30. The van der Waals surface area contributed by atoms with Crippen molar-refractivity contribution < 1.29 is 17.6 Å². The van der Waals surface area contributed by atoms with Crippen molar-refractivity contribution in [3.05, 3.63) is 77.6 Å². The van der Waals surface area contributed by atoms with Crippen molar-refractivity contribution in [3.63, 3.8) is 0 Å². The molecule has 0 radical (unpaired) electrons. The lowest BCUT2D eigenvalue weighted by molar-refractivity contribution is 0.0685. The highest BCUT2D eigenvalue weighted by Crippen LogP contribution is 2.40. The summed E-state index contributed by atoms with van der Waals surface area (Å²) in [4.78, 5) is 28.3. The Morgan fingerprint density at radius 2 is 1.69 bits per heavy atom. The summed E-state index contributed by atoms with van der Waals surface area (Å²) in [6.45, 7) is 1.37. The molecule has 1 aliphatic heterocycles. The van der Waals surface area contributed by atoms with E-state index in [-0.39, 0.29) is 49.8 Å². The Kier molecular flexibility index (Phi) is 6.78. The van der Waals surface area contributed by atoms with Gasteiger partial charge in [-0.2, -0.15) is 4.31 Å². The van der Waals surface area contributed by atoms with Crippen LogP contribution >= 0.6 is 0 Å². The van der Waals surface area contributed by atoms with Crippen molar-refractivity contribution in [2.45, 2.75) is 24.9 Å². The second-order valence-corrected chi connectivity index (χ2v) is 11.1. The normalized spacial score (nSPS) is 20.3. The molecule has 11 heteroatoms. The minimum absolute atomic E-state index is 0.0411. The van der Waals surface area contributed by atoms with E-state index in [2.05, 4.69) is 20.3 Å². The molecule has 1 aliphatic carbocycles. The largest absolute Gasteiger partial charge is 0.333 e. The van der Waals surface area contributed by atoms with Crippen molar-refractivity contribution in [2.75, 3.05) is 32.4 Å². The van der Waals surface area contributed by atoms with Gasteiger partial charge in [-0.25, -0.2) is 27.8 Å². The molecule has 5 rings (SSSR count). The van der Waals surface area contributed by atoms with E-state index in [1.165, 1.54) is 22.7 Å². The van der Waals surface area contributed by atoms with Crippen LogP contribution in [0, 0.1) is 5.82 Å². The molecule has 1 amide bonds. The molecule has 0 bridgehead atoms. The van der Waals surface area contributed by atoms with Gasteiger partial charge < -0.3 is 10.2 Å². The lowest BCUT2D eigenvalue weighted by atomic mass is 10.1. The number of sulfonamides is 1. The molecule has 0 unspecified atom stereocenters. The number of hydrogen-bond acceptors (Lipinski definition) is 7. The number of benzene rings is 2. The van der Waals surface area contributed by atoms with E-state index in [4.69, 9.17) is 0 Å². The molecule has 1 aromatic heterocycles. The lowest BCUT2D eigenvalue weighted by Gasteiger charge is -2.32. The average Bonchev–Trinajstić information content (AvgIpc) is 3.67. The number of hydrogen-bond donors (Lipinski definition) is 1. The Labute approximate surface area is 209 Å². The van der Waals surface area contributed by atoms with E-state index in [0.717, 1.165) is 17.5 Å². The molecule has 1 N–H and O–H groups in total. The van der Waals surface area contributed by atoms with Gasteiger partial charge in [0.25, 0.3) is 5.91 Å². The van der Waals surface area contributed by atoms with Gasteiger partial charge in [0.1, 0.15) is 11.6 Å². The number of carbonyl (C=O) groups excluding carboxylic acids is 1. The Morgan fingerprint density at radius 1 is 1.00 bits per heavy atom. The van der Waals surface area contributed by atoms with E-state index in [0.29, 0.717) is 24.1 Å². The lowest BCUT2D eigenvalue weighted by Crippen LogP contribution is -2.50. The molecule has 0 spiro atoms. The first-order valence-electron chi connectivity index (χ1n) is 11.8. The topological polar surface area (TPSA) is 108 Å². The van der Waals surface area contributed by atoms with Crippen LogP contribution in [-0.2, 0) is 16.6 Å². The summed E-state index contributed by atoms with van der Waals surface area (Å²) in [5.74, 6) is 0.600. The Balaban J connectivity index is 1.32. The number of amides is 1. The molecule has 2 heterocycles. The minimum atomic E-state index is -3.30. The maximum absolute atomic E-state index is 13.3. The third kappa shape index (κ3) is 5.58.